The molecule has 2 aromatic carbocycles. The van der Waals surface area contributed by atoms with E-state index in [0.717, 1.165) is 11.3 Å². The molecule has 0 saturated carbocycles. The van der Waals surface area contributed by atoms with Gasteiger partial charge in [-0.1, -0.05) is 17.7 Å². The molecule has 28 heavy (non-hydrogen) atoms. The fraction of sp³-hybridized carbons (Fsp3) is 0.143. The van der Waals surface area contributed by atoms with Crippen LogP contribution in [0, 0.1) is 13.8 Å². The van der Waals surface area contributed by atoms with Crippen LogP contribution >= 0.6 is 0 Å². The Morgan fingerprint density at radius 1 is 0.893 bits per heavy atom. The molecule has 7 nitrogen and oxygen atoms in total. The summed E-state index contributed by atoms with van der Waals surface area (Å²) in [5.74, 6) is 0.218. The number of carbonyl (C=O) groups is 2. The summed E-state index contributed by atoms with van der Waals surface area (Å²) in [6.45, 7) is 3.70. The number of esters is 1. The van der Waals surface area contributed by atoms with E-state index in [0.29, 0.717) is 22.9 Å². The van der Waals surface area contributed by atoms with Gasteiger partial charge < -0.3 is 15.4 Å². The van der Waals surface area contributed by atoms with Gasteiger partial charge in [0, 0.05) is 17.4 Å². The number of hydrogen-bond donors (Lipinski definition) is 2. The summed E-state index contributed by atoms with van der Waals surface area (Å²) in [5, 5.41) is 5.93. The summed E-state index contributed by atoms with van der Waals surface area (Å²) in [6, 6.07) is 15.8. The number of aryl methyl sites for hydroxylation is 2. The summed E-state index contributed by atoms with van der Waals surface area (Å²) >= 11 is 0. The van der Waals surface area contributed by atoms with Crippen LogP contribution in [-0.4, -0.2) is 29.0 Å². The molecule has 142 valence electrons. The van der Waals surface area contributed by atoms with Gasteiger partial charge in [-0.25, -0.2) is 14.8 Å². The van der Waals surface area contributed by atoms with Crippen molar-refractivity contribution in [3.63, 3.8) is 0 Å². The molecule has 3 aromatic rings. The maximum atomic E-state index is 12.5. The molecule has 0 radical (unpaired) electrons. The Kier molecular flexibility index (Phi) is 5.64. The van der Waals surface area contributed by atoms with Gasteiger partial charge in [-0.05, 0) is 50.2 Å². The van der Waals surface area contributed by atoms with E-state index in [1.54, 1.807) is 37.3 Å². The Morgan fingerprint density at radius 2 is 1.54 bits per heavy atom. The molecular formula is C21H20N4O3. The van der Waals surface area contributed by atoms with E-state index in [2.05, 4.69) is 25.3 Å². The van der Waals surface area contributed by atoms with Crippen molar-refractivity contribution in [1.29, 1.82) is 0 Å². The Balaban J connectivity index is 1.76. The molecule has 0 spiro atoms. The molecule has 0 aliphatic rings. The molecule has 0 fully saturated rings. The lowest BCUT2D eigenvalue weighted by molar-refractivity contribution is 0.0600. The van der Waals surface area contributed by atoms with Gasteiger partial charge in [0.05, 0.1) is 12.7 Å². The van der Waals surface area contributed by atoms with Crippen LogP contribution in [0.25, 0.3) is 0 Å². The van der Waals surface area contributed by atoms with Crippen LogP contribution in [0.5, 0.6) is 0 Å². The van der Waals surface area contributed by atoms with E-state index in [1.165, 1.54) is 7.11 Å². The van der Waals surface area contributed by atoms with Crippen LogP contribution in [-0.2, 0) is 4.74 Å². The predicted molar refractivity (Wildman–Crippen MR) is 107 cm³/mol. The third-order valence-corrected chi connectivity index (χ3v) is 3.96. The second kappa shape index (κ2) is 8.30. The summed E-state index contributed by atoms with van der Waals surface area (Å²) in [4.78, 5) is 32.6. The van der Waals surface area contributed by atoms with Gasteiger partial charge in [0.25, 0.3) is 5.91 Å². The van der Waals surface area contributed by atoms with E-state index < -0.39 is 5.97 Å². The average Bonchev–Trinajstić information content (AvgIpc) is 2.69. The highest BCUT2D eigenvalue weighted by atomic mass is 16.5. The fourth-order valence-corrected chi connectivity index (χ4v) is 2.54. The maximum Gasteiger partial charge on any atom is 0.337 e. The van der Waals surface area contributed by atoms with E-state index in [-0.39, 0.29) is 11.6 Å². The van der Waals surface area contributed by atoms with Crippen molar-refractivity contribution in [3.05, 3.63) is 77.2 Å². The largest absolute Gasteiger partial charge is 0.465 e. The smallest absolute Gasteiger partial charge is 0.337 e. The van der Waals surface area contributed by atoms with Crippen LogP contribution in [0.3, 0.4) is 0 Å². The SMILES string of the molecule is COC(=O)c1ccc(Nc2cc(C(=O)Nc3ccc(C)cc3)nc(C)n2)cc1. The van der Waals surface area contributed by atoms with Crippen molar-refractivity contribution in [3.8, 4) is 0 Å². The monoisotopic (exact) mass is 376 g/mol. The zero-order valence-electron chi connectivity index (χ0n) is 15.8. The molecule has 1 amide bonds. The molecule has 2 N–H and O–H groups in total. The van der Waals surface area contributed by atoms with Gasteiger partial charge in [0.15, 0.2) is 0 Å². The minimum absolute atomic E-state index is 0.252. The highest BCUT2D eigenvalue weighted by Crippen LogP contribution is 2.18. The first-order valence-corrected chi connectivity index (χ1v) is 8.64. The quantitative estimate of drug-likeness (QED) is 0.657. The van der Waals surface area contributed by atoms with Crippen molar-refractivity contribution in [2.75, 3.05) is 17.7 Å². The molecule has 7 heteroatoms. The number of anilines is 3. The Morgan fingerprint density at radius 3 is 2.18 bits per heavy atom. The Bertz CT molecular complexity index is 999. The predicted octanol–water partition coefficient (Wildman–Crippen LogP) is 3.88. The third kappa shape index (κ3) is 4.70. The highest BCUT2D eigenvalue weighted by Gasteiger charge is 2.12. The Hall–Kier alpha value is -3.74. The number of methoxy groups -OCH3 is 1. The molecule has 0 bridgehead atoms. The van der Waals surface area contributed by atoms with Gasteiger partial charge in [-0.3, -0.25) is 4.79 Å². The second-order valence-corrected chi connectivity index (χ2v) is 6.20. The normalized spacial score (nSPS) is 10.2. The molecule has 0 aliphatic heterocycles. The van der Waals surface area contributed by atoms with Gasteiger partial charge in [0.1, 0.15) is 17.3 Å². The van der Waals surface area contributed by atoms with E-state index in [1.807, 2.05) is 31.2 Å². The van der Waals surface area contributed by atoms with Crippen LogP contribution in [0.1, 0.15) is 32.2 Å². The van der Waals surface area contributed by atoms with Gasteiger partial charge >= 0.3 is 5.97 Å². The molecule has 0 atom stereocenters. The number of nitrogens with one attached hydrogen (secondary N) is 2. The van der Waals surface area contributed by atoms with Gasteiger partial charge in [-0.15, -0.1) is 0 Å². The number of carbonyl (C=O) groups excluding carboxylic acids is 2. The lowest BCUT2D eigenvalue weighted by atomic mass is 10.2. The average molecular weight is 376 g/mol. The second-order valence-electron chi connectivity index (χ2n) is 6.20. The number of amides is 1. The molecule has 0 aliphatic carbocycles. The highest BCUT2D eigenvalue weighted by molar-refractivity contribution is 6.03. The Labute approximate surface area is 162 Å². The summed E-state index contributed by atoms with van der Waals surface area (Å²) in [7, 11) is 1.33. The van der Waals surface area contributed by atoms with Crippen molar-refractivity contribution in [1.82, 2.24) is 9.97 Å². The minimum Gasteiger partial charge on any atom is -0.465 e. The summed E-state index contributed by atoms with van der Waals surface area (Å²) in [6.07, 6.45) is 0. The molecule has 0 saturated heterocycles. The van der Waals surface area contributed by atoms with Crippen LogP contribution in [0.4, 0.5) is 17.2 Å². The lowest BCUT2D eigenvalue weighted by Crippen LogP contribution is -2.15. The topological polar surface area (TPSA) is 93.2 Å². The number of rotatable bonds is 5. The van der Waals surface area contributed by atoms with Crippen LogP contribution in [0.2, 0.25) is 0 Å². The van der Waals surface area contributed by atoms with E-state index in [4.69, 9.17) is 0 Å². The van der Waals surface area contributed by atoms with Crippen molar-refractivity contribution >= 4 is 29.1 Å². The van der Waals surface area contributed by atoms with Crippen LogP contribution in [0.15, 0.2) is 54.6 Å². The van der Waals surface area contributed by atoms with Crippen LogP contribution < -0.4 is 10.6 Å². The first kappa shape index (κ1) is 19.0. The van der Waals surface area contributed by atoms with E-state index >= 15 is 0 Å². The minimum atomic E-state index is -0.403. The maximum absolute atomic E-state index is 12.5. The number of nitrogens with zero attached hydrogens (tertiary/aromatic N) is 2. The lowest BCUT2D eigenvalue weighted by Gasteiger charge is -2.10. The molecule has 1 heterocycles. The summed E-state index contributed by atoms with van der Waals surface area (Å²) < 4.78 is 4.68. The zero-order valence-corrected chi connectivity index (χ0v) is 15.8. The first-order valence-electron chi connectivity index (χ1n) is 8.64. The van der Waals surface area contributed by atoms with E-state index in [9.17, 15) is 9.59 Å². The standard InChI is InChI=1S/C21H20N4O3/c1-13-4-8-17(9-5-13)25-20(26)18-12-19(23-14(2)22-18)24-16-10-6-15(7-11-16)21(27)28-3/h4-12H,1-3H3,(H,25,26)(H,22,23,24). The molecule has 0 unspecified atom stereocenters. The third-order valence-electron chi connectivity index (χ3n) is 3.96. The number of ether oxygens (including phenoxy) is 1. The zero-order chi connectivity index (χ0) is 20.1. The van der Waals surface area contributed by atoms with Crippen molar-refractivity contribution in [2.45, 2.75) is 13.8 Å². The number of benzene rings is 2. The molecular weight excluding hydrogens is 356 g/mol. The first-order chi connectivity index (χ1) is 13.4. The fourth-order valence-electron chi connectivity index (χ4n) is 2.54. The number of hydrogen-bond acceptors (Lipinski definition) is 6. The summed E-state index contributed by atoms with van der Waals surface area (Å²) in [5.41, 5.74) is 3.22. The van der Waals surface area contributed by atoms with Gasteiger partial charge in [0.2, 0.25) is 0 Å². The number of aromatic nitrogens is 2. The van der Waals surface area contributed by atoms with Crippen molar-refractivity contribution < 1.29 is 14.3 Å². The van der Waals surface area contributed by atoms with Gasteiger partial charge in [-0.2, -0.15) is 0 Å². The molecule has 1 aromatic heterocycles. The van der Waals surface area contributed by atoms with Crippen molar-refractivity contribution in [2.24, 2.45) is 0 Å². The molecule has 3 rings (SSSR count).